The lowest BCUT2D eigenvalue weighted by molar-refractivity contribution is -0.128. The predicted octanol–water partition coefficient (Wildman–Crippen LogP) is 2.02. The molecule has 1 aromatic heterocycles. The summed E-state index contributed by atoms with van der Waals surface area (Å²) in [6.45, 7) is 4.40. The van der Waals surface area contributed by atoms with Gasteiger partial charge in [-0.25, -0.2) is 4.98 Å². The zero-order valence-electron chi connectivity index (χ0n) is 19.0. The molecule has 1 aromatic carbocycles. The number of aryl methyl sites for hydroxylation is 1. The van der Waals surface area contributed by atoms with Gasteiger partial charge in [0.2, 0.25) is 5.75 Å². The van der Waals surface area contributed by atoms with Gasteiger partial charge in [-0.3, -0.25) is 19.1 Å². The maximum absolute atomic E-state index is 12.5. The molecule has 9 heteroatoms. The molecule has 2 N–H and O–H groups in total. The Morgan fingerprint density at radius 1 is 1.41 bits per heavy atom. The molecule has 1 atom stereocenters. The Kier molecular flexibility index (Phi) is 10.9. The minimum Gasteiger partial charge on any atom is -0.490 e. The normalized spacial score (nSPS) is 11.8. The van der Waals surface area contributed by atoms with E-state index >= 15 is 0 Å². The molecule has 9 nitrogen and oxygen atoms in total. The Balaban J connectivity index is 0.000000920. The lowest BCUT2D eigenvalue weighted by Crippen LogP contribution is -2.26. The second-order valence-electron chi connectivity index (χ2n) is 6.57. The molecule has 0 aliphatic heterocycles. The van der Waals surface area contributed by atoms with Gasteiger partial charge < -0.3 is 15.2 Å². The van der Waals surface area contributed by atoms with Crippen LogP contribution in [-0.2, 0) is 23.0 Å². The molecule has 0 saturated heterocycles. The number of hydrogen-bond acceptors (Lipinski definition) is 8. The van der Waals surface area contributed by atoms with Gasteiger partial charge in [0.1, 0.15) is 5.82 Å². The fraction of sp³-hybridized carbons (Fsp3) is 0.348. The number of nitrogens with zero attached hydrogens (tertiary/aromatic N) is 4. The zero-order valence-corrected chi connectivity index (χ0v) is 19.0. The lowest BCUT2D eigenvalue weighted by atomic mass is 9.86. The molecule has 0 saturated carbocycles. The molecule has 32 heavy (non-hydrogen) atoms. The van der Waals surface area contributed by atoms with E-state index in [0.29, 0.717) is 36.6 Å². The van der Waals surface area contributed by atoms with Gasteiger partial charge in [0.15, 0.2) is 0 Å². The van der Waals surface area contributed by atoms with Crippen molar-refractivity contribution >= 4 is 12.7 Å². The number of aliphatic imine (C=N–C) groups is 1. The lowest BCUT2D eigenvalue weighted by Gasteiger charge is -2.21. The molecule has 0 aliphatic carbocycles. The van der Waals surface area contributed by atoms with E-state index in [0.717, 1.165) is 11.1 Å². The highest BCUT2D eigenvalue weighted by Crippen LogP contribution is 2.29. The fourth-order valence-corrected chi connectivity index (χ4v) is 3.12. The summed E-state index contributed by atoms with van der Waals surface area (Å²) < 4.78 is 10.8. The molecule has 0 amide bonds. The van der Waals surface area contributed by atoms with Crippen molar-refractivity contribution in [1.82, 2.24) is 9.55 Å². The molecule has 0 fully saturated rings. The van der Waals surface area contributed by atoms with Crippen molar-refractivity contribution in [3.8, 4) is 11.8 Å². The van der Waals surface area contributed by atoms with Gasteiger partial charge in [-0.05, 0) is 37.3 Å². The molecule has 170 valence electrons. The first kappa shape index (κ1) is 26.1. The zero-order chi connectivity index (χ0) is 24.1. The monoisotopic (exact) mass is 439 g/mol. The summed E-state index contributed by atoms with van der Waals surface area (Å²) in [5.74, 6) is 0.514. The second kappa shape index (κ2) is 13.4. The highest BCUT2D eigenvalue weighted by molar-refractivity contribution is 5.81. The standard InChI is InChI=1S/C20H23N5O2.C3H6O2/c1-13-19(27-4)20(26)25(3)18(24-13)9-17(15(11-22)12-23-2)16-8-6-5-7-14(16)10-21;1-2-5-3-4/h5-8,11-12,17H,9,22H2,1-4H3;3H,2H2,1H3/b15-11+,23-12?;. The third kappa shape index (κ3) is 6.54. The number of carbonyl (C=O) groups excluding carboxylic acids is 1. The van der Waals surface area contributed by atoms with Crippen LogP contribution in [0.2, 0.25) is 0 Å². The Hall–Kier alpha value is -3.93. The van der Waals surface area contributed by atoms with E-state index < -0.39 is 0 Å². The average molecular weight is 440 g/mol. The highest BCUT2D eigenvalue weighted by Gasteiger charge is 2.23. The van der Waals surface area contributed by atoms with Crippen LogP contribution in [0, 0.1) is 18.3 Å². The van der Waals surface area contributed by atoms with Crippen LogP contribution in [0.15, 0.2) is 45.8 Å². The van der Waals surface area contributed by atoms with Gasteiger partial charge >= 0.3 is 0 Å². The van der Waals surface area contributed by atoms with E-state index in [2.05, 4.69) is 20.8 Å². The summed E-state index contributed by atoms with van der Waals surface area (Å²) in [5.41, 5.74) is 8.19. The number of methoxy groups -OCH3 is 1. The average Bonchev–Trinajstić information content (AvgIpc) is 2.80. The van der Waals surface area contributed by atoms with Gasteiger partial charge in [0, 0.05) is 32.6 Å². The Morgan fingerprint density at radius 2 is 2.09 bits per heavy atom. The first-order chi connectivity index (χ1) is 15.4. The van der Waals surface area contributed by atoms with Crippen LogP contribution in [0.5, 0.6) is 5.75 Å². The van der Waals surface area contributed by atoms with Crippen molar-refractivity contribution in [3.63, 3.8) is 0 Å². The largest absolute Gasteiger partial charge is 0.490 e. The van der Waals surface area contributed by atoms with Crippen LogP contribution in [0.3, 0.4) is 0 Å². The van der Waals surface area contributed by atoms with E-state index in [4.69, 9.17) is 10.5 Å². The van der Waals surface area contributed by atoms with Crippen molar-refractivity contribution < 1.29 is 14.3 Å². The Labute approximate surface area is 187 Å². The van der Waals surface area contributed by atoms with Crippen LogP contribution in [0.1, 0.15) is 35.5 Å². The van der Waals surface area contributed by atoms with E-state index in [9.17, 15) is 14.9 Å². The molecule has 0 aliphatic rings. The molecule has 0 radical (unpaired) electrons. The minimum absolute atomic E-state index is 0.222. The number of ether oxygens (including phenoxy) is 2. The first-order valence-corrected chi connectivity index (χ1v) is 9.88. The minimum atomic E-state index is -0.277. The van der Waals surface area contributed by atoms with E-state index in [1.165, 1.54) is 17.9 Å². The molecule has 1 heterocycles. The number of carbonyl (C=O) groups is 1. The fourth-order valence-electron chi connectivity index (χ4n) is 3.12. The molecule has 0 bridgehead atoms. The highest BCUT2D eigenvalue weighted by atomic mass is 16.5. The maximum Gasteiger partial charge on any atom is 0.295 e. The summed E-state index contributed by atoms with van der Waals surface area (Å²) in [7, 11) is 4.76. The number of allylic oxidation sites excluding steroid dienone is 1. The van der Waals surface area contributed by atoms with Crippen LogP contribution in [0.25, 0.3) is 0 Å². The van der Waals surface area contributed by atoms with Gasteiger partial charge in [0.05, 0.1) is 31.0 Å². The number of benzene rings is 1. The van der Waals surface area contributed by atoms with Crippen LogP contribution < -0.4 is 16.0 Å². The van der Waals surface area contributed by atoms with Crippen LogP contribution in [0.4, 0.5) is 0 Å². The molecule has 2 aromatic rings. The number of nitriles is 1. The summed E-state index contributed by atoms with van der Waals surface area (Å²) in [5, 5.41) is 9.51. The number of rotatable bonds is 8. The Bertz CT molecular complexity index is 1070. The van der Waals surface area contributed by atoms with Crippen molar-refractivity contribution in [1.29, 1.82) is 5.26 Å². The SMILES string of the molecule is CCOC=O.CN=C/C(=C\N)C(Cc1nc(C)c(OC)c(=O)n1C)c1ccccc1C#N. The van der Waals surface area contributed by atoms with Crippen LogP contribution >= 0.6 is 0 Å². The predicted molar refractivity (Wildman–Crippen MR) is 123 cm³/mol. The summed E-state index contributed by atoms with van der Waals surface area (Å²) in [4.78, 5) is 30.3. The number of hydrogen-bond donors (Lipinski definition) is 1. The van der Waals surface area contributed by atoms with E-state index in [1.807, 2.05) is 18.2 Å². The van der Waals surface area contributed by atoms with Gasteiger partial charge in [0.25, 0.3) is 12.0 Å². The van der Waals surface area contributed by atoms with Crippen molar-refractivity contribution in [3.05, 3.63) is 69.0 Å². The molecule has 2 rings (SSSR count). The van der Waals surface area contributed by atoms with E-state index in [1.54, 1.807) is 40.2 Å². The second-order valence-corrected chi connectivity index (χ2v) is 6.57. The number of nitrogens with two attached hydrogens (primary N) is 1. The molecule has 1 unspecified atom stereocenters. The van der Waals surface area contributed by atoms with E-state index in [-0.39, 0.29) is 17.2 Å². The number of aromatic nitrogens is 2. The third-order valence-corrected chi connectivity index (χ3v) is 4.67. The quantitative estimate of drug-likeness (QED) is 0.491. The maximum atomic E-state index is 12.5. The van der Waals surface area contributed by atoms with Gasteiger partial charge in [-0.1, -0.05) is 18.2 Å². The smallest absolute Gasteiger partial charge is 0.295 e. The summed E-state index contributed by atoms with van der Waals surface area (Å²) in [6.07, 6.45) is 3.51. The topological polar surface area (TPSA) is 133 Å². The first-order valence-electron chi connectivity index (χ1n) is 9.88. The Morgan fingerprint density at radius 3 is 2.59 bits per heavy atom. The van der Waals surface area contributed by atoms with Crippen molar-refractivity contribution in [2.45, 2.75) is 26.2 Å². The molecular formula is C23H29N5O4. The molecule has 0 spiro atoms. The summed E-state index contributed by atoms with van der Waals surface area (Å²) in [6, 6.07) is 9.53. The van der Waals surface area contributed by atoms with Crippen LogP contribution in [-0.4, -0.2) is 43.0 Å². The third-order valence-electron chi connectivity index (χ3n) is 4.67. The molecular weight excluding hydrogens is 410 g/mol. The van der Waals surface area contributed by atoms with Gasteiger partial charge in [-0.2, -0.15) is 5.26 Å². The van der Waals surface area contributed by atoms with Crippen molar-refractivity contribution in [2.75, 3.05) is 20.8 Å². The van der Waals surface area contributed by atoms with Crippen molar-refractivity contribution in [2.24, 2.45) is 17.8 Å². The summed E-state index contributed by atoms with van der Waals surface area (Å²) >= 11 is 0. The van der Waals surface area contributed by atoms with Gasteiger partial charge in [-0.15, -0.1) is 0 Å².